The molecular formula is C32H21IrN2O3S-. The van der Waals surface area contributed by atoms with Crippen molar-refractivity contribution in [3.05, 3.63) is 128 Å². The Morgan fingerprint density at radius 3 is 2.05 bits per heavy atom. The summed E-state index contributed by atoms with van der Waals surface area (Å²) in [4.78, 5) is 8.41. The van der Waals surface area contributed by atoms with Gasteiger partial charge in [-0.15, -0.1) is 35.4 Å². The summed E-state index contributed by atoms with van der Waals surface area (Å²) < 4.78 is 29.1. The van der Waals surface area contributed by atoms with Crippen LogP contribution in [0.25, 0.3) is 55.5 Å². The topological polar surface area (TPSA) is 80.2 Å². The molecule has 4 aromatic carbocycles. The molecule has 0 spiro atoms. The zero-order valence-electron chi connectivity index (χ0n) is 20.4. The summed E-state index contributed by atoms with van der Waals surface area (Å²) in [7, 11) is -4.11. The number of pyridine rings is 2. The molecule has 0 atom stereocenters. The zero-order valence-corrected chi connectivity index (χ0v) is 23.7. The summed E-state index contributed by atoms with van der Waals surface area (Å²) in [6.45, 7) is 0. The SMILES string of the molecule is O=S(=O)(O)c1ccccn1.[Ir].[c-]1ccc(-c2ccccc2)cc1-c1cc2c3c(cccc3n1)-c1ccccc1-2. The van der Waals surface area contributed by atoms with Crippen LogP contribution in [0.4, 0.5) is 0 Å². The zero-order chi connectivity index (χ0) is 26.1. The minimum Gasteiger partial charge on any atom is -0.296 e. The quantitative estimate of drug-likeness (QED) is 0.154. The van der Waals surface area contributed by atoms with Gasteiger partial charge in [0.05, 0.1) is 5.52 Å². The van der Waals surface area contributed by atoms with E-state index in [0.29, 0.717) is 0 Å². The molecule has 0 fully saturated rings. The number of fused-ring (bicyclic) bond motifs is 3. The van der Waals surface area contributed by atoms with Gasteiger partial charge in [-0.3, -0.25) is 9.54 Å². The summed E-state index contributed by atoms with van der Waals surface area (Å²) in [6, 6.07) is 41.6. The third kappa shape index (κ3) is 5.31. The number of hydrogen-bond donors (Lipinski definition) is 1. The molecular weight excluding hydrogens is 685 g/mol. The van der Waals surface area contributed by atoms with Gasteiger partial charge in [0.1, 0.15) is 0 Å². The molecule has 0 saturated carbocycles. The van der Waals surface area contributed by atoms with Crippen LogP contribution in [0, 0.1) is 6.07 Å². The first-order chi connectivity index (χ1) is 18.5. The van der Waals surface area contributed by atoms with E-state index in [0.717, 1.165) is 16.8 Å². The van der Waals surface area contributed by atoms with Crippen molar-refractivity contribution in [2.45, 2.75) is 5.03 Å². The third-order valence-electron chi connectivity index (χ3n) is 6.43. The largest absolute Gasteiger partial charge is 0.312 e. The summed E-state index contributed by atoms with van der Waals surface area (Å²) in [5.41, 5.74) is 10.6. The third-order valence-corrected chi connectivity index (χ3v) is 7.20. The number of benzene rings is 4. The van der Waals surface area contributed by atoms with E-state index in [4.69, 9.17) is 9.54 Å². The molecule has 1 radical (unpaired) electrons. The van der Waals surface area contributed by atoms with Crippen LogP contribution in [-0.4, -0.2) is 22.9 Å². The number of hydrogen-bond acceptors (Lipinski definition) is 4. The van der Waals surface area contributed by atoms with Gasteiger partial charge in [-0.25, -0.2) is 4.98 Å². The van der Waals surface area contributed by atoms with Crippen LogP contribution in [0.5, 0.6) is 0 Å². The molecule has 5 nitrogen and oxygen atoms in total. The maximum atomic E-state index is 10.3. The van der Waals surface area contributed by atoms with E-state index in [-0.39, 0.29) is 25.1 Å². The van der Waals surface area contributed by atoms with Gasteiger partial charge >= 0.3 is 10.1 Å². The Hall–Kier alpha value is -4.00. The molecule has 1 N–H and O–H groups in total. The molecule has 2 aromatic heterocycles. The van der Waals surface area contributed by atoms with Gasteiger partial charge in [0, 0.05) is 31.7 Å². The minimum absolute atomic E-state index is 0. The summed E-state index contributed by atoms with van der Waals surface area (Å²) in [6.07, 6.45) is 1.29. The van der Waals surface area contributed by atoms with E-state index in [9.17, 15) is 8.42 Å². The van der Waals surface area contributed by atoms with Gasteiger partial charge in [-0.05, 0) is 51.7 Å². The molecule has 7 heteroatoms. The van der Waals surface area contributed by atoms with E-state index in [2.05, 4.69) is 96.0 Å². The molecule has 0 bridgehead atoms. The molecule has 1 aliphatic carbocycles. The molecule has 0 amide bonds. The van der Waals surface area contributed by atoms with E-state index >= 15 is 0 Å². The maximum absolute atomic E-state index is 10.3. The smallest absolute Gasteiger partial charge is 0.296 e. The Morgan fingerprint density at radius 1 is 0.667 bits per heavy atom. The fourth-order valence-electron chi connectivity index (χ4n) is 4.74. The van der Waals surface area contributed by atoms with Crippen LogP contribution in [0.15, 0.2) is 126 Å². The van der Waals surface area contributed by atoms with Gasteiger partial charge in [-0.2, -0.15) is 8.42 Å². The van der Waals surface area contributed by atoms with Crippen LogP contribution in [0.3, 0.4) is 0 Å². The average Bonchev–Trinajstić information content (AvgIpc) is 3.29. The van der Waals surface area contributed by atoms with Crippen molar-refractivity contribution in [2.75, 3.05) is 0 Å². The predicted molar refractivity (Wildman–Crippen MR) is 150 cm³/mol. The molecule has 6 aromatic rings. The summed E-state index contributed by atoms with van der Waals surface area (Å²) in [5, 5.41) is 0.932. The summed E-state index contributed by atoms with van der Waals surface area (Å²) in [5.74, 6) is 0. The van der Waals surface area contributed by atoms with Crippen LogP contribution in [0.1, 0.15) is 0 Å². The second-order valence-electron chi connectivity index (χ2n) is 8.80. The molecule has 0 aliphatic heterocycles. The van der Waals surface area contributed by atoms with Crippen LogP contribution >= 0.6 is 0 Å². The molecule has 0 saturated heterocycles. The van der Waals surface area contributed by atoms with E-state index in [1.165, 1.54) is 57.1 Å². The molecule has 2 heterocycles. The number of aromatic nitrogens is 2. The normalized spacial score (nSPS) is 11.2. The predicted octanol–water partition coefficient (Wildman–Crippen LogP) is 7.34. The van der Waals surface area contributed by atoms with E-state index < -0.39 is 10.1 Å². The van der Waals surface area contributed by atoms with Crippen molar-refractivity contribution in [3.8, 4) is 44.6 Å². The second-order valence-corrected chi connectivity index (χ2v) is 10.2. The standard InChI is InChI=1S/C27H16N.C5H5NO3S.Ir/c1-2-8-18(9-3-1)19-10-6-11-20(16-19)26-17-24-22-13-5-4-12-21(22)23-14-7-15-25(28-26)27(23)24;7-10(8,9)5-3-1-2-4-6-5;/h1-10,12-17H;1-4H,(H,7,8,9);/q-1;;. The number of nitrogens with zero attached hydrogens (tertiary/aromatic N) is 2. The molecule has 193 valence electrons. The summed E-state index contributed by atoms with van der Waals surface area (Å²) >= 11 is 0. The van der Waals surface area contributed by atoms with E-state index in [1.54, 1.807) is 6.07 Å². The minimum atomic E-state index is -4.11. The van der Waals surface area contributed by atoms with Gasteiger partial charge < -0.3 is 0 Å². The number of rotatable bonds is 3. The van der Waals surface area contributed by atoms with Crippen LogP contribution < -0.4 is 0 Å². The fraction of sp³-hybridized carbons (Fsp3) is 0. The van der Waals surface area contributed by atoms with Crippen LogP contribution in [-0.2, 0) is 30.2 Å². The second kappa shape index (κ2) is 11.0. The van der Waals surface area contributed by atoms with Gasteiger partial charge in [0.15, 0.2) is 5.03 Å². The monoisotopic (exact) mass is 706 g/mol. The fourth-order valence-corrected chi connectivity index (χ4v) is 5.18. The Balaban J connectivity index is 0.000000240. The molecule has 39 heavy (non-hydrogen) atoms. The van der Waals surface area contributed by atoms with Crippen molar-refractivity contribution in [1.29, 1.82) is 0 Å². The van der Waals surface area contributed by atoms with Crippen molar-refractivity contribution >= 4 is 21.0 Å². The molecule has 1 aliphatic rings. The Morgan fingerprint density at radius 2 is 1.36 bits per heavy atom. The van der Waals surface area contributed by atoms with Gasteiger partial charge in [0.25, 0.3) is 0 Å². The van der Waals surface area contributed by atoms with Crippen molar-refractivity contribution in [3.63, 3.8) is 0 Å². The van der Waals surface area contributed by atoms with Crippen molar-refractivity contribution in [2.24, 2.45) is 0 Å². The Kier molecular flexibility index (Phi) is 7.51. The van der Waals surface area contributed by atoms with E-state index in [1.807, 2.05) is 12.1 Å². The van der Waals surface area contributed by atoms with Gasteiger partial charge in [0.2, 0.25) is 0 Å². The first-order valence-electron chi connectivity index (χ1n) is 12.0. The van der Waals surface area contributed by atoms with Crippen LogP contribution in [0.2, 0.25) is 0 Å². The van der Waals surface area contributed by atoms with Gasteiger partial charge in [-0.1, -0.05) is 78.9 Å². The first kappa shape index (κ1) is 26.6. The first-order valence-corrected chi connectivity index (χ1v) is 13.4. The molecule has 0 unspecified atom stereocenters. The Bertz CT molecular complexity index is 1890. The average molecular weight is 706 g/mol. The molecule has 7 rings (SSSR count). The van der Waals surface area contributed by atoms with Crippen molar-refractivity contribution < 1.29 is 33.1 Å². The Labute approximate surface area is 240 Å². The maximum Gasteiger partial charge on any atom is 0.312 e. The van der Waals surface area contributed by atoms with Crippen molar-refractivity contribution in [1.82, 2.24) is 9.97 Å².